The van der Waals surface area contributed by atoms with E-state index in [1.54, 1.807) is 36.0 Å². The lowest BCUT2D eigenvalue weighted by Crippen LogP contribution is -2.32. The van der Waals surface area contributed by atoms with Gasteiger partial charge in [0.25, 0.3) is 5.91 Å². The molecule has 0 saturated heterocycles. The van der Waals surface area contributed by atoms with Crippen molar-refractivity contribution in [3.05, 3.63) is 29.3 Å². The van der Waals surface area contributed by atoms with Gasteiger partial charge in [-0.2, -0.15) is 0 Å². The molecule has 0 bridgehead atoms. The molecule has 8 heteroatoms. The highest BCUT2D eigenvalue weighted by molar-refractivity contribution is 8.01. The van der Waals surface area contributed by atoms with Crippen LogP contribution in [0.4, 0.5) is 5.13 Å². The fourth-order valence-corrected chi connectivity index (χ4v) is 3.41. The number of amides is 1. The van der Waals surface area contributed by atoms with Gasteiger partial charge in [-0.05, 0) is 36.4 Å². The lowest BCUT2D eigenvalue weighted by atomic mass is 10.2. The first-order chi connectivity index (χ1) is 10.6. The molecule has 0 radical (unpaired) electrons. The Morgan fingerprint density at radius 2 is 2.09 bits per heavy atom. The van der Waals surface area contributed by atoms with Gasteiger partial charge in [-0.25, -0.2) is 0 Å². The zero-order chi connectivity index (χ0) is 15.9. The molecule has 0 spiro atoms. The molecule has 1 amide bonds. The third-order valence-corrected chi connectivity index (χ3v) is 4.77. The Hall–Kier alpha value is -1.31. The van der Waals surface area contributed by atoms with E-state index in [4.69, 9.17) is 16.3 Å². The Labute approximate surface area is 142 Å². The molecular formula is C14H16ClN3O2S2. The summed E-state index contributed by atoms with van der Waals surface area (Å²) in [5.41, 5.74) is 0. The Bertz CT molecular complexity index is 619. The summed E-state index contributed by atoms with van der Waals surface area (Å²) in [6.45, 7) is 3.93. The van der Waals surface area contributed by atoms with Gasteiger partial charge >= 0.3 is 0 Å². The molecule has 1 N–H and O–H groups in total. The predicted octanol–water partition coefficient (Wildman–Crippen LogP) is 4.10. The highest BCUT2D eigenvalue weighted by Gasteiger charge is 2.20. The second-order valence-corrected chi connectivity index (χ2v) is 7.19. The van der Waals surface area contributed by atoms with Crippen LogP contribution in [0.5, 0.6) is 5.75 Å². The molecule has 0 aliphatic carbocycles. The molecule has 0 unspecified atom stereocenters. The Kier molecular flexibility index (Phi) is 6.48. The molecule has 0 aliphatic heterocycles. The minimum Gasteiger partial charge on any atom is -0.481 e. The number of benzene rings is 1. The predicted molar refractivity (Wildman–Crippen MR) is 91.1 cm³/mol. The molecule has 118 valence electrons. The van der Waals surface area contributed by atoms with Gasteiger partial charge in [-0.3, -0.25) is 10.1 Å². The third kappa shape index (κ3) is 4.86. The van der Waals surface area contributed by atoms with E-state index in [0.29, 0.717) is 22.3 Å². The molecule has 0 aliphatic rings. The molecule has 0 fully saturated rings. The van der Waals surface area contributed by atoms with Gasteiger partial charge in [0, 0.05) is 5.02 Å². The number of rotatable bonds is 7. The van der Waals surface area contributed by atoms with E-state index in [1.165, 1.54) is 11.3 Å². The molecule has 2 rings (SSSR count). The van der Waals surface area contributed by atoms with Crippen molar-refractivity contribution in [3.8, 4) is 5.75 Å². The van der Waals surface area contributed by atoms with Crippen LogP contribution in [0.25, 0.3) is 0 Å². The lowest BCUT2D eigenvalue weighted by Gasteiger charge is -2.16. The van der Waals surface area contributed by atoms with Crippen molar-refractivity contribution in [2.75, 3.05) is 11.1 Å². The van der Waals surface area contributed by atoms with Crippen LogP contribution >= 0.6 is 34.7 Å². The fourth-order valence-electron chi connectivity index (χ4n) is 1.63. The first kappa shape index (κ1) is 17.1. The third-order valence-electron chi connectivity index (χ3n) is 2.66. The van der Waals surface area contributed by atoms with E-state index >= 15 is 0 Å². The number of hydrogen-bond acceptors (Lipinski definition) is 6. The van der Waals surface area contributed by atoms with Crippen LogP contribution in [0.2, 0.25) is 5.02 Å². The van der Waals surface area contributed by atoms with Crippen LogP contribution in [-0.4, -0.2) is 28.0 Å². The van der Waals surface area contributed by atoms with Gasteiger partial charge in [-0.1, -0.05) is 48.5 Å². The van der Waals surface area contributed by atoms with E-state index in [-0.39, 0.29) is 5.91 Å². The molecule has 1 heterocycles. The van der Waals surface area contributed by atoms with E-state index in [0.717, 1.165) is 10.1 Å². The number of anilines is 1. The summed E-state index contributed by atoms with van der Waals surface area (Å²) in [7, 11) is 0. The number of thioether (sulfide) groups is 1. The monoisotopic (exact) mass is 357 g/mol. The molecule has 0 saturated carbocycles. The number of nitrogens with zero attached hydrogens (tertiary/aromatic N) is 2. The number of carbonyl (C=O) groups is 1. The molecule has 2 aromatic rings. The summed E-state index contributed by atoms with van der Waals surface area (Å²) in [5.74, 6) is 1.28. The Morgan fingerprint density at radius 1 is 1.36 bits per heavy atom. The number of ether oxygens (including phenoxy) is 1. The van der Waals surface area contributed by atoms with Gasteiger partial charge in [0.2, 0.25) is 5.13 Å². The fraction of sp³-hybridized carbons (Fsp3) is 0.357. The zero-order valence-corrected chi connectivity index (χ0v) is 14.6. The highest BCUT2D eigenvalue weighted by Crippen LogP contribution is 2.25. The van der Waals surface area contributed by atoms with Crippen LogP contribution in [0.15, 0.2) is 28.6 Å². The topological polar surface area (TPSA) is 64.1 Å². The normalized spacial score (nSPS) is 12.0. The van der Waals surface area contributed by atoms with Gasteiger partial charge in [0.05, 0.1) is 0 Å². The maximum absolute atomic E-state index is 12.3. The summed E-state index contributed by atoms with van der Waals surface area (Å²) in [4.78, 5) is 12.3. The first-order valence-corrected chi connectivity index (χ1v) is 8.99. The minimum absolute atomic E-state index is 0.235. The number of hydrogen-bond donors (Lipinski definition) is 1. The average molecular weight is 358 g/mol. The van der Waals surface area contributed by atoms with E-state index in [2.05, 4.69) is 15.5 Å². The van der Waals surface area contributed by atoms with E-state index in [9.17, 15) is 4.79 Å². The Balaban J connectivity index is 1.97. The average Bonchev–Trinajstić information content (AvgIpc) is 2.94. The van der Waals surface area contributed by atoms with Crippen LogP contribution in [0, 0.1) is 0 Å². The standard InChI is InChI=1S/C14H16ClN3O2S2/c1-3-11(20-10-7-5-9(15)6-8-10)12(19)16-13-17-18-14(22-13)21-4-2/h5-8,11H,3-4H2,1-2H3,(H,16,17,19)/t11-/m0/s1. The first-order valence-electron chi connectivity index (χ1n) is 6.81. The summed E-state index contributed by atoms with van der Waals surface area (Å²) in [6, 6.07) is 6.92. The Morgan fingerprint density at radius 3 is 2.73 bits per heavy atom. The van der Waals surface area contributed by atoms with Crippen LogP contribution in [0.3, 0.4) is 0 Å². The van der Waals surface area contributed by atoms with Crippen molar-refractivity contribution in [2.45, 2.75) is 30.7 Å². The number of nitrogens with one attached hydrogen (secondary N) is 1. The lowest BCUT2D eigenvalue weighted by molar-refractivity contribution is -0.122. The van der Waals surface area contributed by atoms with Gasteiger partial charge in [-0.15, -0.1) is 10.2 Å². The zero-order valence-electron chi connectivity index (χ0n) is 12.2. The summed E-state index contributed by atoms with van der Waals surface area (Å²) in [6.07, 6.45) is -0.0449. The number of aromatic nitrogens is 2. The second-order valence-electron chi connectivity index (χ2n) is 4.26. The summed E-state index contributed by atoms with van der Waals surface area (Å²) in [5, 5.41) is 11.8. The van der Waals surface area contributed by atoms with E-state index < -0.39 is 6.10 Å². The van der Waals surface area contributed by atoms with Crippen molar-refractivity contribution >= 4 is 45.7 Å². The van der Waals surface area contributed by atoms with Crippen LogP contribution in [0.1, 0.15) is 20.3 Å². The minimum atomic E-state index is -0.590. The molecule has 5 nitrogen and oxygen atoms in total. The largest absolute Gasteiger partial charge is 0.481 e. The number of halogens is 1. The quantitative estimate of drug-likeness (QED) is 0.597. The van der Waals surface area contributed by atoms with Crippen molar-refractivity contribution in [3.63, 3.8) is 0 Å². The smallest absolute Gasteiger partial charge is 0.267 e. The number of carbonyl (C=O) groups excluding carboxylic acids is 1. The van der Waals surface area contributed by atoms with Gasteiger partial charge in [0.1, 0.15) is 5.75 Å². The van der Waals surface area contributed by atoms with Gasteiger partial charge in [0.15, 0.2) is 10.4 Å². The van der Waals surface area contributed by atoms with Crippen molar-refractivity contribution < 1.29 is 9.53 Å². The highest BCUT2D eigenvalue weighted by atomic mass is 35.5. The molecule has 1 aromatic carbocycles. The molecular weight excluding hydrogens is 342 g/mol. The van der Waals surface area contributed by atoms with Crippen molar-refractivity contribution in [1.29, 1.82) is 0 Å². The van der Waals surface area contributed by atoms with Crippen molar-refractivity contribution in [1.82, 2.24) is 10.2 Å². The molecule has 1 aromatic heterocycles. The SMILES string of the molecule is CCSc1nnc(NC(=O)[C@H](CC)Oc2ccc(Cl)cc2)s1. The summed E-state index contributed by atoms with van der Waals surface area (Å²) < 4.78 is 6.52. The summed E-state index contributed by atoms with van der Waals surface area (Å²) >= 11 is 8.78. The second kappa shape index (κ2) is 8.36. The molecule has 1 atom stereocenters. The van der Waals surface area contributed by atoms with Crippen molar-refractivity contribution in [2.24, 2.45) is 0 Å². The molecule has 22 heavy (non-hydrogen) atoms. The maximum atomic E-state index is 12.3. The maximum Gasteiger partial charge on any atom is 0.267 e. The van der Waals surface area contributed by atoms with Gasteiger partial charge < -0.3 is 4.74 Å². The van der Waals surface area contributed by atoms with E-state index in [1.807, 2.05) is 13.8 Å². The van der Waals surface area contributed by atoms with Crippen LogP contribution in [-0.2, 0) is 4.79 Å². The van der Waals surface area contributed by atoms with Crippen LogP contribution < -0.4 is 10.1 Å².